The standard InChI is InChI=1S/C11H16N2O2/c12-5-4-10-9(11(14)15)7-8-3-1-2-6-13(8)10/h7H,1-6,12H2,(H,14,15). The van der Waals surface area contributed by atoms with Crippen LogP contribution in [0.5, 0.6) is 0 Å². The summed E-state index contributed by atoms with van der Waals surface area (Å²) < 4.78 is 2.14. The molecule has 0 bridgehead atoms. The fraction of sp³-hybridized carbons (Fsp3) is 0.545. The van der Waals surface area contributed by atoms with Crippen LogP contribution < -0.4 is 5.73 Å². The van der Waals surface area contributed by atoms with E-state index in [4.69, 9.17) is 10.8 Å². The van der Waals surface area contributed by atoms with Crippen molar-refractivity contribution < 1.29 is 9.90 Å². The minimum Gasteiger partial charge on any atom is -0.478 e. The van der Waals surface area contributed by atoms with Gasteiger partial charge >= 0.3 is 5.97 Å². The molecule has 0 aromatic carbocycles. The summed E-state index contributed by atoms with van der Waals surface area (Å²) in [5, 5.41) is 9.09. The molecular weight excluding hydrogens is 192 g/mol. The lowest BCUT2D eigenvalue weighted by Gasteiger charge is -2.17. The Kier molecular flexibility index (Phi) is 2.77. The Balaban J connectivity index is 2.45. The van der Waals surface area contributed by atoms with Gasteiger partial charge in [0.2, 0.25) is 0 Å². The van der Waals surface area contributed by atoms with Crippen LogP contribution in [0, 0.1) is 0 Å². The van der Waals surface area contributed by atoms with Crippen LogP contribution in [0.3, 0.4) is 0 Å². The zero-order chi connectivity index (χ0) is 10.8. The maximum atomic E-state index is 11.1. The number of carbonyl (C=O) groups is 1. The molecule has 0 fully saturated rings. The van der Waals surface area contributed by atoms with Crippen molar-refractivity contribution in [3.8, 4) is 0 Å². The van der Waals surface area contributed by atoms with E-state index in [0.29, 0.717) is 18.5 Å². The fourth-order valence-electron chi connectivity index (χ4n) is 2.30. The molecule has 1 aliphatic rings. The maximum Gasteiger partial charge on any atom is 0.337 e. The molecule has 0 unspecified atom stereocenters. The van der Waals surface area contributed by atoms with Gasteiger partial charge in [-0.25, -0.2) is 4.79 Å². The second-order valence-electron chi connectivity index (χ2n) is 3.95. The third-order valence-electron chi connectivity index (χ3n) is 2.97. The van der Waals surface area contributed by atoms with Crippen molar-refractivity contribution in [2.24, 2.45) is 5.73 Å². The molecule has 1 aromatic rings. The Labute approximate surface area is 88.7 Å². The van der Waals surface area contributed by atoms with Crippen LogP contribution in [0.2, 0.25) is 0 Å². The van der Waals surface area contributed by atoms with Crippen LogP contribution in [0.1, 0.15) is 34.6 Å². The molecule has 1 aliphatic heterocycles. The molecule has 0 amide bonds. The van der Waals surface area contributed by atoms with Crippen molar-refractivity contribution in [2.75, 3.05) is 6.54 Å². The number of carboxylic acids is 1. The number of fused-ring (bicyclic) bond motifs is 1. The van der Waals surface area contributed by atoms with Crippen LogP contribution in [-0.2, 0) is 19.4 Å². The zero-order valence-corrected chi connectivity index (χ0v) is 8.70. The summed E-state index contributed by atoms with van der Waals surface area (Å²) in [5.74, 6) is -0.833. The highest BCUT2D eigenvalue weighted by Gasteiger charge is 2.20. The number of nitrogens with two attached hydrogens (primary N) is 1. The highest BCUT2D eigenvalue weighted by molar-refractivity contribution is 5.89. The number of aryl methyl sites for hydroxylation is 1. The van der Waals surface area contributed by atoms with Crippen LogP contribution in [0.25, 0.3) is 0 Å². The van der Waals surface area contributed by atoms with Gasteiger partial charge in [0.15, 0.2) is 0 Å². The van der Waals surface area contributed by atoms with Crippen molar-refractivity contribution in [1.29, 1.82) is 0 Å². The van der Waals surface area contributed by atoms with E-state index < -0.39 is 5.97 Å². The molecule has 3 N–H and O–H groups in total. The Morgan fingerprint density at radius 2 is 2.33 bits per heavy atom. The lowest BCUT2D eigenvalue weighted by molar-refractivity contribution is 0.0695. The first kappa shape index (κ1) is 10.2. The van der Waals surface area contributed by atoms with Gasteiger partial charge in [0.1, 0.15) is 0 Å². The van der Waals surface area contributed by atoms with Crippen molar-refractivity contribution in [1.82, 2.24) is 4.57 Å². The van der Waals surface area contributed by atoms with E-state index in [1.807, 2.05) is 6.07 Å². The summed E-state index contributed by atoms with van der Waals surface area (Å²) in [5.41, 5.74) is 8.01. The number of aromatic carboxylic acids is 1. The van der Waals surface area contributed by atoms with Gasteiger partial charge < -0.3 is 15.4 Å². The van der Waals surface area contributed by atoms with Crippen LogP contribution >= 0.6 is 0 Å². The third kappa shape index (κ3) is 1.77. The second kappa shape index (κ2) is 4.06. The Morgan fingerprint density at radius 3 is 3.00 bits per heavy atom. The van der Waals surface area contributed by atoms with Crippen LogP contribution in [0.4, 0.5) is 0 Å². The van der Waals surface area contributed by atoms with E-state index in [1.54, 1.807) is 0 Å². The predicted octanol–water partition coefficient (Wildman–Crippen LogP) is 1.02. The third-order valence-corrected chi connectivity index (χ3v) is 2.97. The number of aromatic nitrogens is 1. The normalized spacial score (nSPS) is 15.0. The SMILES string of the molecule is NCCc1c(C(=O)O)cc2n1CCCC2. The molecule has 0 aliphatic carbocycles. The lowest BCUT2D eigenvalue weighted by atomic mass is 10.1. The first-order valence-electron chi connectivity index (χ1n) is 5.38. The smallest absolute Gasteiger partial charge is 0.337 e. The average molecular weight is 208 g/mol. The largest absolute Gasteiger partial charge is 0.478 e. The van der Waals surface area contributed by atoms with E-state index in [-0.39, 0.29) is 0 Å². The molecule has 0 saturated carbocycles. The van der Waals surface area contributed by atoms with Gasteiger partial charge in [-0.15, -0.1) is 0 Å². The number of hydrogen-bond acceptors (Lipinski definition) is 2. The molecule has 2 heterocycles. The summed E-state index contributed by atoms with van der Waals surface area (Å²) in [7, 11) is 0. The van der Waals surface area contributed by atoms with Gasteiger partial charge in [-0.2, -0.15) is 0 Å². The van der Waals surface area contributed by atoms with Gasteiger partial charge in [0.25, 0.3) is 0 Å². The van der Waals surface area contributed by atoms with Crippen molar-refractivity contribution >= 4 is 5.97 Å². The summed E-state index contributed by atoms with van der Waals surface area (Å²) in [6.45, 7) is 1.45. The fourth-order valence-corrected chi connectivity index (χ4v) is 2.30. The van der Waals surface area contributed by atoms with Gasteiger partial charge in [-0.1, -0.05) is 0 Å². The van der Waals surface area contributed by atoms with Crippen molar-refractivity contribution in [2.45, 2.75) is 32.2 Å². The number of rotatable bonds is 3. The Morgan fingerprint density at radius 1 is 1.53 bits per heavy atom. The quantitative estimate of drug-likeness (QED) is 0.779. The zero-order valence-electron chi connectivity index (χ0n) is 8.70. The summed E-state index contributed by atoms with van der Waals surface area (Å²) >= 11 is 0. The number of hydrogen-bond donors (Lipinski definition) is 2. The number of carboxylic acid groups (broad SMARTS) is 1. The molecule has 15 heavy (non-hydrogen) atoms. The summed E-state index contributed by atoms with van der Waals surface area (Å²) in [6, 6.07) is 1.81. The molecule has 1 aromatic heterocycles. The van der Waals surface area contributed by atoms with Crippen LogP contribution in [-0.4, -0.2) is 22.2 Å². The Hall–Kier alpha value is -1.29. The van der Waals surface area contributed by atoms with E-state index >= 15 is 0 Å². The van der Waals surface area contributed by atoms with Crippen molar-refractivity contribution in [3.05, 3.63) is 23.0 Å². The highest BCUT2D eigenvalue weighted by atomic mass is 16.4. The van der Waals surface area contributed by atoms with Crippen molar-refractivity contribution in [3.63, 3.8) is 0 Å². The molecule has 2 rings (SSSR count). The molecule has 4 heteroatoms. The second-order valence-corrected chi connectivity index (χ2v) is 3.95. The van der Waals surface area contributed by atoms with E-state index in [9.17, 15) is 4.79 Å². The number of nitrogens with zero attached hydrogens (tertiary/aromatic N) is 1. The first-order chi connectivity index (χ1) is 7.24. The average Bonchev–Trinajstić information content (AvgIpc) is 2.58. The molecule has 0 atom stereocenters. The summed E-state index contributed by atoms with van der Waals surface area (Å²) in [6.07, 6.45) is 3.94. The topological polar surface area (TPSA) is 68.2 Å². The minimum absolute atomic E-state index is 0.442. The molecule has 0 saturated heterocycles. The predicted molar refractivity (Wildman–Crippen MR) is 57.1 cm³/mol. The van der Waals surface area contributed by atoms with Gasteiger partial charge in [-0.3, -0.25) is 0 Å². The van der Waals surface area contributed by atoms with Gasteiger partial charge in [0.05, 0.1) is 5.56 Å². The van der Waals surface area contributed by atoms with Gasteiger partial charge in [0, 0.05) is 24.4 Å². The van der Waals surface area contributed by atoms with E-state index in [1.165, 1.54) is 0 Å². The maximum absolute atomic E-state index is 11.1. The van der Waals surface area contributed by atoms with E-state index in [0.717, 1.165) is 37.2 Å². The lowest BCUT2D eigenvalue weighted by Crippen LogP contribution is -2.16. The monoisotopic (exact) mass is 208 g/mol. The molecular formula is C11H16N2O2. The Bertz CT molecular complexity index is 382. The summed E-state index contributed by atoms with van der Waals surface area (Å²) in [4.78, 5) is 11.1. The highest BCUT2D eigenvalue weighted by Crippen LogP contribution is 2.23. The minimum atomic E-state index is -0.833. The first-order valence-corrected chi connectivity index (χ1v) is 5.38. The van der Waals surface area contributed by atoms with E-state index in [2.05, 4.69) is 4.57 Å². The van der Waals surface area contributed by atoms with Crippen LogP contribution in [0.15, 0.2) is 6.07 Å². The molecule has 82 valence electrons. The molecule has 0 spiro atoms. The molecule has 0 radical (unpaired) electrons. The van der Waals surface area contributed by atoms with Gasteiger partial charge in [-0.05, 0) is 31.9 Å². The molecule has 4 nitrogen and oxygen atoms in total.